The van der Waals surface area contributed by atoms with Crippen LogP contribution in [0, 0.1) is 11.6 Å². The molecule has 0 saturated carbocycles. The largest absolute Gasteiger partial charge is 0.346 e. The van der Waals surface area contributed by atoms with E-state index in [1.54, 1.807) is 6.92 Å². The van der Waals surface area contributed by atoms with Crippen molar-refractivity contribution >= 4 is 5.91 Å². The van der Waals surface area contributed by atoms with E-state index < -0.39 is 35.3 Å². The zero-order valence-corrected chi connectivity index (χ0v) is 12.9. The molecule has 1 aromatic heterocycles. The van der Waals surface area contributed by atoms with Gasteiger partial charge < -0.3 is 10.3 Å². The summed E-state index contributed by atoms with van der Waals surface area (Å²) in [5, 5.41) is 2.33. The SMILES string of the molecule is CCC(F)(CNC(=O)c1nccc(=O)[nH]1)Cc1ccc(F)cc1F. The Bertz CT molecular complexity index is 794. The van der Waals surface area contributed by atoms with Crippen LogP contribution < -0.4 is 10.9 Å². The Labute approximate surface area is 135 Å². The molecule has 2 N–H and O–H groups in total. The minimum Gasteiger partial charge on any atom is -0.346 e. The van der Waals surface area contributed by atoms with Gasteiger partial charge in [-0.05, 0) is 18.1 Å². The lowest BCUT2D eigenvalue weighted by molar-refractivity contribution is 0.0880. The first-order valence-corrected chi connectivity index (χ1v) is 7.29. The predicted octanol–water partition coefficient (Wildman–Crippen LogP) is 2.14. The lowest BCUT2D eigenvalue weighted by Crippen LogP contribution is -2.41. The minimum atomic E-state index is -1.93. The van der Waals surface area contributed by atoms with Gasteiger partial charge >= 0.3 is 0 Å². The molecule has 1 heterocycles. The van der Waals surface area contributed by atoms with Crippen LogP contribution in [0.3, 0.4) is 0 Å². The van der Waals surface area contributed by atoms with Crippen LogP contribution >= 0.6 is 0 Å². The van der Waals surface area contributed by atoms with Gasteiger partial charge in [-0.25, -0.2) is 18.2 Å². The fourth-order valence-electron chi connectivity index (χ4n) is 2.13. The third kappa shape index (κ3) is 4.43. The number of H-pyrrole nitrogens is 1. The summed E-state index contributed by atoms with van der Waals surface area (Å²) in [4.78, 5) is 28.9. The fourth-order valence-corrected chi connectivity index (χ4v) is 2.13. The summed E-state index contributed by atoms with van der Waals surface area (Å²) in [6.45, 7) is 1.15. The van der Waals surface area contributed by atoms with Crippen LogP contribution in [-0.4, -0.2) is 28.1 Å². The zero-order valence-electron chi connectivity index (χ0n) is 12.9. The number of amides is 1. The van der Waals surface area contributed by atoms with Crippen molar-refractivity contribution in [3.8, 4) is 0 Å². The van der Waals surface area contributed by atoms with Gasteiger partial charge in [0.2, 0.25) is 0 Å². The van der Waals surface area contributed by atoms with Crippen LogP contribution in [0.5, 0.6) is 0 Å². The molecule has 128 valence electrons. The van der Waals surface area contributed by atoms with E-state index in [1.165, 1.54) is 6.07 Å². The van der Waals surface area contributed by atoms with E-state index in [0.29, 0.717) is 6.07 Å². The second kappa shape index (κ2) is 7.29. The Hall–Kier alpha value is -2.64. The number of nitrogens with one attached hydrogen (secondary N) is 2. The summed E-state index contributed by atoms with van der Waals surface area (Å²) in [7, 11) is 0. The van der Waals surface area contributed by atoms with Gasteiger partial charge in [-0.15, -0.1) is 0 Å². The predicted molar refractivity (Wildman–Crippen MR) is 81.4 cm³/mol. The topological polar surface area (TPSA) is 74.8 Å². The van der Waals surface area contributed by atoms with Crippen LogP contribution in [0.15, 0.2) is 35.3 Å². The Kier molecular flexibility index (Phi) is 5.38. The van der Waals surface area contributed by atoms with E-state index in [0.717, 1.165) is 18.3 Å². The molecule has 2 aromatic rings. The van der Waals surface area contributed by atoms with Crippen LogP contribution in [0.2, 0.25) is 0 Å². The van der Waals surface area contributed by atoms with Crippen LogP contribution in [0.4, 0.5) is 13.2 Å². The quantitative estimate of drug-likeness (QED) is 0.847. The summed E-state index contributed by atoms with van der Waals surface area (Å²) >= 11 is 0. The highest BCUT2D eigenvalue weighted by molar-refractivity contribution is 5.90. The van der Waals surface area contributed by atoms with Gasteiger partial charge in [0.15, 0.2) is 5.82 Å². The number of halogens is 3. The first-order valence-electron chi connectivity index (χ1n) is 7.29. The van der Waals surface area contributed by atoms with Gasteiger partial charge in [0.1, 0.15) is 17.3 Å². The molecule has 0 spiro atoms. The second-order valence-electron chi connectivity index (χ2n) is 5.38. The molecule has 0 radical (unpaired) electrons. The van der Waals surface area contributed by atoms with Gasteiger partial charge in [-0.3, -0.25) is 9.59 Å². The number of carbonyl (C=O) groups is 1. The van der Waals surface area contributed by atoms with Gasteiger partial charge in [0.05, 0.1) is 6.54 Å². The van der Waals surface area contributed by atoms with Crippen molar-refractivity contribution in [1.29, 1.82) is 0 Å². The standard InChI is InChI=1S/C16H16F3N3O2/c1-2-16(19,8-10-3-4-11(17)7-12(10)18)9-21-15(24)14-20-6-5-13(23)22-14/h3-7H,2,8-9H2,1H3,(H,21,24)(H,20,22,23). The highest BCUT2D eigenvalue weighted by atomic mass is 19.1. The van der Waals surface area contributed by atoms with Gasteiger partial charge in [0, 0.05) is 24.8 Å². The molecule has 1 aromatic carbocycles. The smallest absolute Gasteiger partial charge is 0.287 e. The van der Waals surface area contributed by atoms with Crippen molar-refractivity contribution in [2.24, 2.45) is 0 Å². The van der Waals surface area contributed by atoms with Crippen molar-refractivity contribution in [1.82, 2.24) is 15.3 Å². The first-order chi connectivity index (χ1) is 11.3. The summed E-state index contributed by atoms with van der Waals surface area (Å²) in [6, 6.07) is 4.04. The number of aromatic amines is 1. The van der Waals surface area contributed by atoms with Crippen LogP contribution in [0.25, 0.3) is 0 Å². The average Bonchev–Trinajstić information content (AvgIpc) is 2.55. The third-order valence-electron chi connectivity index (χ3n) is 3.61. The maximum Gasteiger partial charge on any atom is 0.287 e. The summed E-state index contributed by atoms with van der Waals surface area (Å²) < 4.78 is 41.5. The van der Waals surface area contributed by atoms with E-state index in [9.17, 15) is 22.8 Å². The normalized spacial score (nSPS) is 13.3. The number of benzene rings is 1. The molecule has 0 aliphatic heterocycles. The molecule has 2 rings (SSSR count). The van der Waals surface area contributed by atoms with Crippen molar-refractivity contribution in [3.05, 3.63) is 63.8 Å². The van der Waals surface area contributed by atoms with E-state index in [2.05, 4.69) is 15.3 Å². The highest BCUT2D eigenvalue weighted by Gasteiger charge is 2.30. The molecule has 0 bridgehead atoms. The molecule has 5 nitrogen and oxygen atoms in total. The molecule has 1 unspecified atom stereocenters. The van der Waals surface area contributed by atoms with Gasteiger partial charge in [0.25, 0.3) is 11.5 Å². The van der Waals surface area contributed by atoms with Crippen LogP contribution in [0.1, 0.15) is 29.5 Å². The number of carbonyl (C=O) groups excluding carboxylic acids is 1. The number of hydrogen-bond donors (Lipinski definition) is 2. The molecule has 0 saturated heterocycles. The van der Waals surface area contributed by atoms with Crippen molar-refractivity contribution in [2.45, 2.75) is 25.4 Å². The molecule has 0 aliphatic rings. The maximum absolute atomic E-state index is 14.9. The van der Waals surface area contributed by atoms with E-state index in [4.69, 9.17) is 0 Å². The molecule has 0 fully saturated rings. The van der Waals surface area contributed by atoms with Crippen molar-refractivity contribution in [2.75, 3.05) is 6.54 Å². The third-order valence-corrected chi connectivity index (χ3v) is 3.61. The summed E-state index contributed by atoms with van der Waals surface area (Å²) in [5.41, 5.74) is -2.42. The maximum atomic E-state index is 14.9. The summed E-state index contributed by atoms with van der Waals surface area (Å²) in [5.74, 6) is -2.58. The van der Waals surface area contributed by atoms with E-state index >= 15 is 0 Å². The minimum absolute atomic E-state index is 0.00281. The zero-order chi connectivity index (χ0) is 17.7. The monoisotopic (exact) mass is 339 g/mol. The second-order valence-corrected chi connectivity index (χ2v) is 5.38. The molecule has 24 heavy (non-hydrogen) atoms. The van der Waals surface area contributed by atoms with E-state index in [-0.39, 0.29) is 24.2 Å². The Balaban J connectivity index is 2.07. The van der Waals surface area contributed by atoms with Crippen molar-refractivity contribution < 1.29 is 18.0 Å². The van der Waals surface area contributed by atoms with Crippen LogP contribution in [-0.2, 0) is 6.42 Å². The number of alkyl halides is 1. The molecule has 1 amide bonds. The van der Waals surface area contributed by atoms with E-state index in [1.807, 2.05) is 0 Å². The van der Waals surface area contributed by atoms with Gasteiger partial charge in [-0.2, -0.15) is 0 Å². The lowest BCUT2D eigenvalue weighted by atomic mass is 9.93. The van der Waals surface area contributed by atoms with Crippen molar-refractivity contribution in [3.63, 3.8) is 0 Å². The summed E-state index contributed by atoms with van der Waals surface area (Å²) in [6.07, 6.45) is 0.835. The lowest BCUT2D eigenvalue weighted by Gasteiger charge is -2.24. The molecule has 0 aliphatic carbocycles. The molecule has 1 atom stereocenters. The Morgan fingerprint density at radius 1 is 1.33 bits per heavy atom. The highest BCUT2D eigenvalue weighted by Crippen LogP contribution is 2.23. The number of rotatable bonds is 6. The Morgan fingerprint density at radius 2 is 2.08 bits per heavy atom. The average molecular weight is 339 g/mol. The number of aromatic nitrogens is 2. The first kappa shape index (κ1) is 17.7. The molecular weight excluding hydrogens is 323 g/mol. The Morgan fingerprint density at radius 3 is 2.71 bits per heavy atom. The van der Waals surface area contributed by atoms with Gasteiger partial charge in [-0.1, -0.05) is 13.0 Å². The fraction of sp³-hybridized carbons (Fsp3) is 0.312. The number of hydrogen-bond acceptors (Lipinski definition) is 3. The molecule has 8 heteroatoms. The number of nitrogens with zero attached hydrogens (tertiary/aromatic N) is 1. The molecular formula is C16H16F3N3O2.